The first-order valence-corrected chi connectivity index (χ1v) is 12.8. The first-order valence-electron chi connectivity index (χ1n) is 12.8. The van der Waals surface area contributed by atoms with E-state index in [2.05, 4.69) is 88.8 Å². The molecule has 0 aromatic rings. The maximum atomic E-state index is 10.7. The predicted octanol–water partition coefficient (Wildman–Crippen LogP) is 5.14. The van der Waals surface area contributed by atoms with E-state index in [1.807, 2.05) is 0 Å². The van der Waals surface area contributed by atoms with Crippen molar-refractivity contribution in [3.8, 4) is 0 Å². The van der Waals surface area contributed by atoms with Crippen LogP contribution >= 0.6 is 0 Å². The SMILES string of the molecule is CC/C=C\C/C=C\C/C=C\C/C=C\C/C=C\CCCCOC(CC)C(=O)[O-].C[N+](C)(C)CCO. The standard InChI is InChI=1S/C24H38O3.C5H14NO/c1-3-5-6-7-8-9-10-11-12-13-14-15-16-17-18-19-20-21-22-27-23(4-2)24(25)26;1-6(2,3)4-5-7/h5-6,8-9,11-12,14-15,17-18,23H,3-4,7,10,13,16,19-22H2,1-2H3,(H,25,26);7H,4-5H2,1-3H3/q;+1/p-1/b6-5-,9-8-,12-11-,15-14-,18-17-;. The Kier molecular flexibility index (Phi) is 25.8. The summed E-state index contributed by atoms with van der Waals surface area (Å²) in [5, 5.41) is 19.1. The molecule has 0 aliphatic carbocycles. The lowest BCUT2D eigenvalue weighted by Gasteiger charge is -2.21. The van der Waals surface area contributed by atoms with Crippen LogP contribution in [0.15, 0.2) is 60.8 Å². The highest BCUT2D eigenvalue weighted by Gasteiger charge is 2.06. The molecule has 0 aliphatic heterocycles. The molecule has 0 aliphatic rings. The summed E-state index contributed by atoms with van der Waals surface area (Å²) < 4.78 is 6.11. The second-order valence-corrected chi connectivity index (χ2v) is 9.03. The number of rotatable bonds is 19. The van der Waals surface area contributed by atoms with Crippen molar-refractivity contribution in [1.82, 2.24) is 0 Å². The number of carboxylic acid groups (broad SMARTS) is 1. The number of carboxylic acids is 1. The average molecular weight is 478 g/mol. The number of ether oxygens (including phenoxy) is 1. The Hall–Kier alpha value is -1.95. The molecule has 0 radical (unpaired) electrons. The minimum atomic E-state index is -1.12. The minimum Gasteiger partial charge on any atom is -0.547 e. The molecule has 1 atom stereocenters. The quantitative estimate of drug-likeness (QED) is 0.159. The van der Waals surface area contributed by atoms with Gasteiger partial charge in [-0.15, -0.1) is 0 Å². The smallest absolute Gasteiger partial charge is 0.101 e. The molecule has 0 bridgehead atoms. The van der Waals surface area contributed by atoms with Crippen molar-refractivity contribution in [3.05, 3.63) is 60.8 Å². The molecule has 0 rings (SSSR count). The molecule has 0 fully saturated rings. The first-order chi connectivity index (χ1) is 16.3. The zero-order valence-corrected chi connectivity index (χ0v) is 22.5. The summed E-state index contributed by atoms with van der Waals surface area (Å²) in [6.07, 6.45) is 29.5. The van der Waals surface area contributed by atoms with Gasteiger partial charge in [0.05, 0.1) is 39.8 Å². The highest BCUT2D eigenvalue weighted by molar-refractivity contribution is 5.69. The Morgan fingerprint density at radius 1 is 0.824 bits per heavy atom. The summed E-state index contributed by atoms with van der Waals surface area (Å²) in [5.41, 5.74) is 0. The summed E-state index contributed by atoms with van der Waals surface area (Å²) in [5.74, 6) is -1.12. The van der Waals surface area contributed by atoms with Crippen molar-refractivity contribution in [2.45, 2.75) is 77.7 Å². The molecular formula is C29H51NO4. The number of aliphatic hydroxyl groups is 1. The van der Waals surface area contributed by atoms with Crippen LogP contribution < -0.4 is 5.11 Å². The summed E-state index contributed by atoms with van der Waals surface area (Å²) in [7, 11) is 6.16. The molecule has 0 spiro atoms. The van der Waals surface area contributed by atoms with Gasteiger partial charge >= 0.3 is 0 Å². The fourth-order valence-electron chi connectivity index (χ4n) is 2.61. The second kappa shape index (κ2) is 25.7. The number of nitrogens with zero attached hydrogens (tertiary/aromatic N) is 1. The Morgan fingerprint density at radius 2 is 1.29 bits per heavy atom. The van der Waals surface area contributed by atoms with Crippen LogP contribution in [-0.4, -0.2) is 62.6 Å². The van der Waals surface area contributed by atoms with Crippen LogP contribution in [0.1, 0.15) is 71.6 Å². The minimum absolute atomic E-state index is 0.281. The van der Waals surface area contributed by atoms with Crippen molar-refractivity contribution in [1.29, 1.82) is 0 Å². The summed E-state index contributed by atoms with van der Waals surface area (Å²) in [6.45, 7) is 5.53. The number of carbonyl (C=O) groups is 1. The average Bonchev–Trinajstić information content (AvgIpc) is 2.77. The van der Waals surface area contributed by atoms with Crippen molar-refractivity contribution < 1.29 is 24.2 Å². The van der Waals surface area contributed by atoms with Crippen molar-refractivity contribution >= 4 is 5.97 Å². The molecular weight excluding hydrogens is 426 g/mol. The number of aliphatic hydroxyl groups excluding tert-OH is 1. The largest absolute Gasteiger partial charge is 0.547 e. The molecule has 0 heterocycles. The lowest BCUT2D eigenvalue weighted by atomic mass is 10.2. The van der Waals surface area contributed by atoms with Crippen molar-refractivity contribution in [2.24, 2.45) is 0 Å². The van der Waals surface area contributed by atoms with E-state index < -0.39 is 12.1 Å². The van der Waals surface area contributed by atoms with Gasteiger partial charge < -0.3 is 24.2 Å². The Morgan fingerprint density at radius 3 is 1.65 bits per heavy atom. The molecule has 34 heavy (non-hydrogen) atoms. The van der Waals surface area contributed by atoms with E-state index in [4.69, 9.17) is 9.84 Å². The van der Waals surface area contributed by atoms with Gasteiger partial charge in [0.1, 0.15) is 6.54 Å². The number of hydrogen-bond acceptors (Lipinski definition) is 4. The topological polar surface area (TPSA) is 69.6 Å². The summed E-state index contributed by atoms with van der Waals surface area (Å²) >= 11 is 0. The molecule has 5 heteroatoms. The number of hydrogen-bond donors (Lipinski definition) is 1. The van der Waals surface area contributed by atoms with Gasteiger partial charge in [0, 0.05) is 6.61 Å². The molecule has 0 saturated carbocycles. The fourth-order valence-corrected chi connectivity index (χ4v) is 2.61. The number of aliphatic carboxylic acids is 1. The molecule has 0 aromatic carbocycles. The van der Waals surface area contributed by atoms with Crippen LogP contribution in [-0.2, 0) is 9.53 Å². The van der Waals surface area contributed by atoms with Gasteiger partial charge in [0.2, 0.25) is 0 Å². The molecule has 0 amide bonds. The van der Waals surface area contributed by atoms with Crippen molar-refractivity contribution in [3.63, 3.8) is 0 Å². The number of allylic oxidation sites excluding steroid dienone is 10. The van der Waals surface area contributed by atoms with Gasteiger partial charge in [0.25, 0.3) is 0 Å². The van der Waals surface area contributed by atoms with Crippen LogP contribution in [0.4, 0.5) is 0 Å². The highest BCUT2D eigenvalue weighted by Crippen LogP contribution is 2.03. The van der Waals surface area contributed by atoms with Gasteiger partial charge in [-0.25, -0.2) is 0 Å². The third-order valence-corrected chi connectivity index (χ3v) is 4.65. The van der Waals surface area contributed by atoms with Gasteiger partial charge in [-0.2, -0.15) is 0 Å². The second-order valence-electron chi connectivity index (χ2n) is 9.03. The Labute approximate surface area is 209 Å². The third-order valence-electron chi connectivity index (χ3n) is 4.65. The van der Waals surface area contributed by atoms with Gasteiger partial charge in [0.15, 0.2) is 0 Å². The zero-order chi connectivity index (χ0) is 25.9. The van der Waals surface area contributed by atoms with E-state index in [-0.39, 0.29) is 6.61 Å². The maximum Gasteiger partial charge on any atom is 0.101 e. The highest BCUT2D eigenvalue weighted by atomic mass is 16.5. The van der Waals surface area contributed by atoms with E-state index in [0.29, 0.717) is 13.0 Å². The van der Waals surface area contributed by atoms with Crippen LogP contribution in [0.25, 0.3) is 0 Å². The lowest BCUT2D eigenvalue weighted by Crippen LogP contribution is -2.37. The number of quaternary nitrogens is 1. The van der Waals surface area contributed by atoms with Crippen molar-refractivity contribution in [2.75, 3.05) is 40.9 Å². The summed E-state index contributed by atoms with van der Waals surface area (Å²) in [6, 6.07) is 0. The molecule has 0 saturated heterocycles. The normalized spacial score (nSPS) is 13.5. The van der Waals surface area contributed by atoms with Gasteiger partial charge in [-0.05, 0) is 57.8 Å². The zero-order valence-electron chi connectivity index (χ0n) is 22.5. The van der Waals surface area contributed by atoms with E-state index in [9.17, 15) is 9.90 Å². The third kappa shape index (κ3) is 30.0. The number of likely N-dealkylation sites (N-methyl/N-ethyl adjacent to an activating group) is 1. The van der Waals surface area contributed by atoms with E-state index >= 15 is 0 Å². The lowest BCUT2D eigenvalue weighted by molar-refractivity contribution is -0.870. The Bertz CT molecular complexity index is 598. The van der Waals surface area contributed by atoms with E-state index in [1.54, 1.807) is 6.92 Å². The molecule has 5 nitrogen and oxygen atoms in total. The molecule has 196 valence electrons. The van der Waals surface area contributed by atoms with E-state index in [1.165, 1.54) is 0 Å². The van der Waals surface area contributed by atoms with Crippen LogP contribution in [0, 0.1) is 0 Å². The van der Waals surface area contributed by atoms with E-state index in [0.717, 1.165) is 62.4 Å². The van der Waals surface area contributed by atoms with Crippen LogP contribution in [0.3, 0.4) is 0 Å². The number of carbonyl (C=O) groups excluding carboxylic acids is 1. The van der Waals surface area contributed by atoms with Crippen LogP contribution in [0.2, 0.25) is 0 Å². The molecule has 0 aromatic heterocycles. The molecule has 1 unspecified atom stereocenters. The number of unbranched alkanes of at least 4 members (excludes halogenated alkanes) is 2. The summed E-state index contributed by atoms with van der Waals surface area (Å²) in [4.78, 5) is 10.7. The van der Waals surface area contributed by atoms with Crippen LogP contribution in [0.5, 0.6) is 0 Å². The molecule has 1 N–H and O–H groups in total. The van der Waals surface area contributed by atoms with Gasteiger partial charge in [-0.3, -0.25) is 0 Å². The van der Waals surface area contributed by atoms with Gasteiger partial charge in [-0.1, -0.05) is 74.6 Å². The fraction of sp³-hybridized carbons (Fsp3) is 0.621. The Balaban J connectivity index is 0. The first kappa shape index (κ1) is 34.2. The monoisotopic (exact) mass is 477 g/mol. The predicted molar refractivity (Wildman–Crippen MR) is 143 cm³/mol. The maximum absolute atomic E-state index is 10.7.